The van der Waals surface area contributed by atoms with Crippen LogP contribution in [0, 0.1) is 5.92 Å². The van der Waals surface area contributed by atoms with Crippen LogP contribution in [0.5, 0.6) is 0 Å². The summed E-state index contributed by atoms with van der Waals surface area (Å²) in [5, 5.41) is 0. The number of hydrogen-bond acceptors (Lipinski definition) is 3. The summed E-state index contributed by atoms with van der Waals surface area (Å²) in [6, 6.07) is 1.47. The molecule has 2 aliphatic rings. The molecular weight excluding hydrogens is 296 g/mol. The van der Waals surface area contributed by atoms with Gasteiger partial charge in [0.05, 0.1) is 11.1 Å². The van der Waals surface area contributed by atoms with Crippen LogP contribution in [-0.4, -0.2) is 57.7 Å². The Morgan fingerprint density at radius 2 is 1.96 bits per heavy atom. The zero-order valence-electron chi connectivity index (χ0n) is 13.5. The number of hydrogen-bond donors (Lipinski definition) is 2. The van der Waals surface area contributed by atoms with Gasteiger partial charge in [0.2, 0.25) is 11.8 Å². The predicted molar refractivity (Wildman–Crippen MR) is 83.7 cm³/mol. The number of carbonyl (C=O) groups excluding carboxylic acids is 3. The number of carbonyl (C=O) groups is 3. The number of primary amides is 1. The van der Waals surface area contributed by atoms with Crippen LogP contribution in [0.25, 0.3) is 0 Å². The highest BCUT2D eigenvalue weighted by Crippen LogP contribution is 2.33. The van der Waals surface area contributed by atoms with Gasteiger partial charge < -0.3 is 20.5 Å². The van der Waals surface area contributed by atoms with Gasteiger partial charge in [0, 0.05) is 31.7 Å². The summed E-state index contributed by atoms with van der Waals surface area (Å²) in [7, 11) is 0. The molecule has 1 aliphatic carbocycles. The quantitative estimate of drug-likeness (QED) is 0.853. The molecule has 7 heteroatoms. The lowest BCUT2D eigenvalue weighted by Gasteiger charge is -2.47. The van der Waals surface area contributed by atoms with Crippen molar-refractivity contribution in [2.45, 2.75) is 32.2 Å². The summed E-state index contributed by atoms with van der Waals surface area (Å²) < 4.78 is 0. The Bertz CT molecular complexity index is 660. The lowest BCUT2D eigenvalue weighted by atomic mass is 9.97. The van der Waals surface area contributed by atoms with Crippen LogP contribution in [0.1, 0.15) is 47.5 Å². The minimum absolute atomic E-state index is 0.180. The molecule has 7 nitrogen and oxygen atoms in total. The number of aromatic nitrogens is 1. The molecule has 23 heavy (non-hydrogen) atoms. The average Bonchev–Trinajstić information content (AvgIpc) is 3.20. The second-order valence-corrected chi connectivity index (χ2v) is 6.97. The van der Waals surface area contributed by atoms with Gasteiger partial charge in [0.25, 0.3) is 5.91 Å². The molecule has 0 unspecified atom stereocenters. The summed E-state index contributed by atoms with van der Waals surface area (Å²) >= 11 is 0. The van der Waals surface area contributed by atoms with E-state index < -0.39 is 11.4 Å². The van der Waals surface area contributed by atoms with Gasteiger partial charge in [-0.1, -0.05) is 0 Å². The maximum Gasteiger partial charge on any atom is 0.270 e. The van der Waals surface area contributed by atoms with Crippen LogP contribution >= 0.6 is 0 Å². The number of amides is 3. The van der Waals surface area contributed by atoms with Gasteiger partial charge >= 0.3 is 0 Å². The summed E-state index contributed by atoms with van der Waals surface area (Å²) in [5.74, 6) is -0.351. The van der Waals surface area contributed by atoms with E-state index in [2.05, 4.69) is 4.98 Å². The minimum Gasteiger partial charge on any atom is -0.366 e. The first-order valence-electron chi connectivity index (χ1n) is 7.88. The monoisotopic (exact) mass is 318 g/mol. The second kappa shape index (κ2) is 5.40. The van der Waals surface area contributed by atoms with E-state index in [1.165, 1.54) is 12.3 Å². The smallest absolute Gasteiger partial charge is 0.270 e. The number of piperazine rings is 1. The molecule has 1 saturated heterocycles. The molecule has 2 fully saturated rings. The first-order valence-corrected chi connectivity index (χ1v) is 7.88. The molecule has 0 radical (unpaired) electrons. The summed E-state index contributed by atoms with van der Waals surface area (Å²) in [5.41, 5.74) is 5.38. The van der Waals surface area contributed by atoms with Crippen molar-refractivity contribution in [3.8, 4) is 0 Å². The average molecular weight is 318 g/mol. The standard InChI is InChI=1S/C16H22N4O3/c1-16(2)9-19(14(22)10-3-4-10)5-6-20(16)15(23)12-7-11(8-18-12)13(17)21/h7-8,10,18H,3-6,9H2,1-2H3,(H2,17,21). The van der Waals surface area contributed by atoms with Crippen molar-refractivity contribution in [2.75, 3.05) is 19.6 Å². The fourth-order valence-electron chi connectivity index (χ4n) is 3.11. The number of aromatic amines is 1. The lowest BCUT2D eigenvalue weighted by Crippen LogP contribution is -2.62. The van der Waals surface area contributed by atoms with Crippen molar-refractivity contribution in [1.82, 2.24) is 14.8 Å². The van der Waals surface area contributed by atoms with E-state index in [4.69, 9.17) is 5.73 Å². The first-order chi connectivity index (χ1) is 10.8. The minimum atomic E-state index is -0.570. The van der Waals surface area contributed by atoms with Crippen molar-refractivity contribution in [2.24, 2.45) is 11.7 Å². The number of nitrogens with zero attached hydrogens (tertiary/aromatic N) is 2. The Kier molecular flexibility index (Phi) is 3.66. The van der Waals surface area contributed by atoms with Crippen LogP contribution in [0.3, 0.4) is 0 Å². The van der Waals surface area contributed by atoms with E-state index in [9.17, 15) is 14.4 Å². The number of H-pyrrole nitrogens is 1. The number of nitrogens with one attached hydrogen (secondary N) is 1. The van der Waals surface area contributed by atoms with Crippen molar-refractivity contribution in [3.05, 3.63) is 23.5 Å². The van der Waals surface area contributed by atoms with Gasteiger partial charge in [-0.25, -0.2) is 0 Å². The molecule has 2 heterocycles. The van der Waals surface area contributed by atoms with E-state index in [0.717, 1.165) is 12.8 Å². The Hall–Kier alpha value is -2.31. The van der Waals surface area contributed by atoms with Gasteiger partial charge in [-0.15, -0.1) is 0 Å². The molecule has 124 valence electrons. The zero-order chi connectivity index (χ0) is 16.8. The molecule has 0 atom stereocenters. The third kappa shape index (κ3) is 2.95. The highest BCUT2D eigenvalue weighted by Gasteiger charge is 2.42. The van der Waals surface area contributed by atoms with Crippen LogP contribution in [0.2, 0.25) is 0 Å². The first kappa shape index (κ1) is 15.6. The van der Waals surface area contributed by atoms with Gasteiger partial charge in [0.15, 0.2) is 0 Å². The highest BCUT2D eigenvalue weighted by atomic mass is 16.2. The van der Waals surface area contributed by atoms with E-state index >= 15 is 0 Å². The molecule has 0 bridgehead atoms. The van der Waals surface area contributed by atoms with Gasteiger partial charge in [-0.2, -0.15) is 0 Å². The Balaban J connectivity index is 1.73. The third-order valence-corrected chi connectivity index (χ3v) is 4.58. The molecule has 1 aromatic rings. The normalized spacial score (nSPS) is 20.4. The Morgan fingerprint density at radius 1 is 1.26 bits per heavy atom. The zero-order valence-corrected chi connectivity index (χ0v) is 13.5. The lowest BCUT2D eigenvalue weighted by molar-refractivity contribution is -0.136. The number of nitrogens with two attached hydrogens (primary N) is 1. The largest absolute Gasteiger partial charge is 0.366 e. The molecule has 1 saturated carbocycles. The summed E-state index contributed by atoms with van der Waals surface area (Å²) in [6.07, 6.45) is 3.41. The molecule has 1 aliphatic heterocycles. The van der Waals surface area contributed by atoms with E-state index in [-0.39, 0.29) is 23.3 Å². The molecule has 1 aromatic heterocycles. The van der Waals surface area contributed by atoms with E-state index in [1.54, 1.807) is 4.90 Å². The van der Waals surface area contributed by atoms with Crippen LogP contribution in [-0.2, 0) is 4.79 Å². The molecule has 3 amide bonds. The van der Waals surface area contributed by atoms with Gasteiger partial charge in [-0.05, 0) is 32.8 Å². The molecular formula is C16H22N4O3. The van der Waals surface area contributed by atoms with Crippen molar-refractivity contribution in [1.29, 1.82) is 0 Å². The van der Waals surface area contributed by atoms with Gasteiger partial charge in [-0.3, -0.25) is 14.4 Å². The molecule has 3 N–H and O–H groups in total. The maximum absolute atomic E-state index is 12.7. The highest BCUT2D eigenvalue weighted by molar-refractivity contribution is 5.98. The van der Waals surface area contributed by atoms with Crippen molar-refractivity contribution in [3.63, 3.8) is 0 Å². The maximum atomic E-state index is 12.7. The summed E-state index contributed by atoms with van der Waals surface area (Å²) in [4.78, 5) is 42.5. The fraction of sp³-hybridized carbons (Fsp3) is 0.562. The van der Waals surface area contributed by atoms with Crippen molar-refractivity contribution < 1.29 is 14.4 Å². The van der Waals surface area contributed by atoms with Gasteiger partial charge in [0.1, 0.15) is 5.69 Å². The predicted octanol–water partition coefficient (Wildman–Crippen LogP) is 0.587. The second-order valence-electron chi connectivity index (χ2n) is 6.97. The third-order valence-electron chi connectivity index (χ3n) is 4.58. The van der Waals surface area contributed by atoms with E-state index in [1.807, 2.05) is 18.7 Å². The topological polar surface area (TPSA) is 99.5 Å². The van der Waals surface area contributed by atoms with Crippen LogP contribution < -0.4 is 5.73 Å². The van der Waals surface area contributed by atoms with Crippen LogP contribution in [0.4, 0.5) is 0 Å². The number of rotatable bonds is 3. The SMILES string of the molecule is CC1(C)CN(C(=O)C2CC2)CCN1C(=O)c1cc(C(N)=O)c[nH]1. The molecule has 3 rings (SSSR count). The fourth-order valence-corrected chi connectivity index (χ4v) is 3.11. The van der Waals surface area contributed by atoms with E-state index in [0.29, 0.717) is 25.3 Å². The van der Waals surface area contributed by atoms with Crippen molar-refractivity contribution >= 4 is 17.7 Å². The van der Waals surface area contributed by atoms with Crippen LogP contribution in [0.15, 0.2) is 12.3 Å². The molecule has 0 spiro atoms. The Labute approximate surface area is 134 Å². The molecule has 0 aromatic carbocycles. The Morgan fingerprint density at radius 3 is 2.48 bits per heavy atom. The summed E-state index contributed by atoms with van der Waals surface area (Å²) in [6.45, 7) is 5.46.